The molecule has 0 bridgehead atoms. The Balaban J connectivity index is 2.24. The predicted molar refractivity (Wildman–Crippen MR) is 73.9 cm³/mol. The third-order valence-corrected chi connectivity index (χ3v) is 2.95. The summed E-state index contributed by atoms with van der Waals surface area (Å²) in [6.07, 6.45) is 2.64. The van der Waals surface area contributed by atoms with Gasteiger partial charge in [0.15, 0.2) is 0 Å². The number of methoxy groups -OCH3 is 1. The third kappa shape index (κ3) is 5.88. The van der Waals surface area contributed by atoms with Crippen molar-refractivity contribution in [1.29, 1.82) is 0 Å². The van der Waals surface area contributed by atoms with E-state index in [2.05, 4.69) is 4.74 Å². The Morgan fingerprint density at radius 2 is 2.10 bits per heavy atom. The number of hydrogen-bond acceptors (Lipinski definition) is 5. The number of ether oxygens (including phenoxy) is 1. The van der Waals surface area contributed by atoms with E-state index in [0.29, 0.717) is 32.5 Å². The van der Waals surface area contributed by atoms with Crippen molar-refractivity contribution in [3.05, 3.63) is 24.2 Å². The lowest BCUT2D eigenvalue weighted by Gasteiger charge is -2.21. The van der Waals surface area contributed by atoms with Crippen LogP contribution in [0.1, 0.15) is 18.6 Å². The molecule has 1 rings (SSSR count). The minimum atomic E-state index is -0.223. The van der Waals surface area contributed by atoms with Gasteiger partial charge in [-0.05, 0) is 32.1 Å². The van der Waals surface area contributed by atoms with E-state index in [1.807, 2.05) is 18.0 Å². The van der Waals surface area contributed by atoms with Crippen molar-refractivity contribution in [3.8, 4) is 0 Å². The first kappa shape index (κ1) is 16.2. The average molecular weight is 282 g/mol. The summed E-state index contributed by atoms with van der Waals surface area (Å²) in [4.78, 5) is 26.5. The van der Waals surface area contributed by atoms with Crippen LogP contribution in [0.4, 0.5) is 0 Å². The Kier molecular flexibility index (Phi) is 6.79. The molecule has 0 radical (unpaired) electrons. The van der Waals surface area contributed by atoms with Gasteiger partial charge in [0.25, 0.3) is 0 Å². The number of esters is 1. The van der Waals surface area contributed by atoms with Gasteiger partial charge in [0.05, 0.1) is 26.5 Å². The summed E-state index contributed by atoms with van der Waals surface area (Å²) < 4.78 is 9.77. The van der Waals surface area contributed by atoms with Gasteiger partial charge in [-0.25, -0.2) is 0 Å². The van der Waals surface area contributed by atoms with Crippen LogP contribution in [0.5, 0.6) is 0 Å². The number of likely N-dealkylation sites (N-methyl/N-ethyl adjacent to an activating group) is 2. The molecule has 0 N–H and O–H groups in total. The Bertz CT molecular complexity index is 417. The molecule has 0 fully saturated rings. The molecule has 1 aromatic rings. The molecule has 6 heteroatoms. The molecule has 0 aliphatic heterocycles. The molecule has 0 aromatic carbocycles. The zero-order valence-electron chi connectivity index (χ0n) is 12.3. The van der Waals surface area contributed by atoms with Crippen molar-refractivity contribution in [1.82, 2.24) is 9.80 Å². The lowest BCUT2D eigenvalue weighted by Crippen LogP contribution is -2.36. The second kappa shape index (κ2) is 8.37. The van der Waals surface area contributed by atoms with E-state index in [-0.39, 0.29) is 11.9 Å². The molecule has 0 aliphatic rings. The number of amides is 1. The number of carbonyl (C=O) groups is 2. The number of furan rings is 1. The van der Waals surface area contributed by atoms with Crippen LogP contribution in [0, 0.1) is 0 Å². The fourth-order valence-electron chi connectivity index (χ4n) is 1.75. The standard InChI is InChI=1S/C14H22N2O4/c1-15(8-4-7-14(18)19-3)11-13(17)16(2)10-12-6-5-9-20-12/h5-6,9H,4,7-8,10-11H2,1-3H3. The molecule has 0 saturated heterocycles. The highest BCUT2D eigenvalue weighted by atomic mass is 16.5. The van der Waals surface area contributed by atoms with E-state index in [9.17, 15) is 9.59 Å². The maximum absolute atomic E-state index is 12.0. The Hall–Kier alpha value is -1.82. The topological polar surface area (TPSA) is 63.0 Å². The largest absolute Gasteiger partial charge is 0.469 e. The van der Waals surface area contributed by atoms with Crippen LogP contribution in [0.15, 0.2) is 22.8 Å². The van der Waals surface area contributed by atoms with Crippen molar-refractivity contribution < 1.29 is 18.7 Å². The van der Waals surface area contributed by atoms with E-state index in [0.717, 1.165) is 5.76 Å². The molecular formula is C14H22N2O4. The van der Waals surface area contributed by atoms with Crippen LogP contribution < -0.4 is 0 Å². The van der Waals surface area contributed by atoms with Gasteiger partial charge in [-0.1, -0.05) is 0 Å². The van der Waals surface area contributed by atoms with Crippen molar-refractivity contribution >= 4 is 11.9 Å². The van der Waals surface area contributed by atoms with Gasteiger partial charge in [-0.15, -0.1) is 0 Å². The molecule has 112 valence electrons. The molecule has 0 unspecified atom stereocenters. The lowest BCUT2D eigenvalue weighted by molar-refractivity contribution is -0.140. The van der Waals surface area contributed by atoms with Gasteiger partial charge in [-0.3, -0.25) is 14.5 Å². The van der Waals surface area contributed by atoms with Crippen molar-refractivity contribution in [3.63, 3.8) is 0 Å². The zero-order valence-corrected chi connectivity index (χ0v) is 12.3. The number of rotatable bonds is 8. The molecule has 6 nitrogen and oxygen atoms in total. The van der Waals surface area contributed by atoms with Crippen LogP contribution in [0.25, 0.3) is 0 Å². The lowest BCUT2D eigenvalue weighted by atomic mass is 10.3. The number of carbonyl (C=O) groups excluding carboxylic acids is 2. The second-order valence-electron chi connectivity index (χ2n) is 4.75. The summed E-state index contributed by atoms with van der Waals surface area (Å²) >= 11 is 0. The maximum atomic E-state index is 12.0. The van der Waals surface area contributed by atoms with Crippen LogP contribution in [0.3, 0.4) is 0 Å². The van der Waals surface area contributed by atoms with E-state index < -0.39 is 0 Å². The quantitative estimate of drug-likeness (QED) is 0.669. The van der Waals surface area contributed by atoms with Crippen LogP contribution in [-0.4, -0.2) is 56.0 Å². The Morgan fingerprint density at radius 1 is 1.35 bits per heavy atom. The summed E-state index contributed by atoms with van der Waals surface area (Å²) in [6.45, 7) is 1.45. The van der Waals surface area contributed by atoms with E-state index >= 15 is 0 Å². The Labute approximate surface area is 119 Å². The minimum Gasteiger partial charge on any atom is -0.469 e. The highest BCUT2D eigenvalue weighted by Crippen LogP contribution is 2.04. The molecule has 1 aromatic heterocycles. The molecule has 0 aliphatic carbocycles. The van der Waals surface area contributed by atoms with Gasteiger partial charge >= 0.3 is 5.97 Å². The van der Waals surface area contributed by atoms with Crippen molar-refractivity contribution in [2.24, 2.45) is 0 Å². The summed E-state index contributed by atoms with van der Waals surface area (Å²) in [6, 6.07) is 3.64. The molecule has 20 heavy (non-hydrogen) atoms. The zero-order chi connectivity index (χ0) is 15.0. The highest BCUT2D eigenvalue weighted by Gasteiger charge is 2.13. The van der Waals surface area contributed by atoms with Crippen molar-refractivity contribution in [2.45, 2.75) is 19.4 Å². The second-order valence-corrected chi connectivity index (χ2v) is 4.75. The predicted octanol–water partition coefficient (Wildman–Crippen LogP) is 1.12. The van der Waals surface area contributed by atoms with Gasteiger partial charge < -0.3 is 14.1 Å². The normalized spacial score (nSPS) is 10.6. The first-order valence-corrected chi connectivity index (χ1v) is 6.54. The first-order valence-electron chi connectivity index (χ1n) is 6.54. The molecule has 1 heterocycles. The van der Waals surface area contributed by atoms with Gasteiger partial charge in [0.1, 0.15) is 5.76 Å². The molecule has 1 amide bonds. The van der Waals surface area contributed by atoms with Gasteiger partial charge in [0.2, 0.25) is 5.91 Å². The van der Waals surface area contributed by atoms with Gasteiger partial charge in [-0.2, -0.15) is 0 Å². The van der Waals surface area contributed by atoms with Crippen molar-refractivity contribution in [2.75, 3.05) is 34.3 Å². The number of nitrogens with zero attached hydrogens (tertiary/aromatic N) is 2. The summed E-state index contributed by atoms with van der Waals surface area (Å²) in [5, 5.41) is 0. The summed E-state index contributed by atoms with van der Waals surface area (Å²) in [5.74, 6) is 0.552. The fourth-order valence-corrected chi connectivity index (χ4v) is 1.75. The highest BCUT2D eigenvalue weighted by molar-refractivity contribution is 5.77. The monoisotopic (exact) mass is 282 g/mol. The SMILES string of the molecule is COC(=O)CCCN(C)CC(=O)N(C)Cc1ccco1. The maximum Gasteiger partial charge on any atom is 0.305 e. The summed E-state index contributed by atoms with van der Waals surface area (Å²) in [5.41, 5.74) is 0. The van der Waals surface area contributed by atoms with Crippen LogP contribution in [-0.2, 0) is 20.9 Å². The average Bonchev–Trinajstić information content (AvgIpc) is 2.91. The van der Waals surface area contributed by atoms with Crippen LogP contribution >= 0.6 is 0 Å². The molecule has 0 atom stereocenters. The van der Waals surface area contributed by atoms with E-state index in [4.69, 9.17) is 4.42 Å². The number of hydrogen-bond donors (Lipinski definition) is 0. The summed E-state index contributed by atoms with van der Waals surface area (Å²) in [7, 11) is 4.97. The molecule has 0 saturated carbocycles. The first-order chi connectivity index (χ1) is 9.52. The fraction of sp³-hybridized carbons (Fsp3) is 0.571. The van der Waals surface area contributed by atoms with Gasteiger partial charge in [0, 0.05) is 13.5 Å². The third-order valence-electron chi connectivity index (χ3n) is 2.95. The smallest absolute Gasteiger partial charge is 0.305 e. The molecular weight excluding hydrogens is 260 g/mol. The van der Waals surface area contributed by atoms with Crippen LogP contribution in [0.2, 0.25) is 0 Å². The van der Waals surface area contributed by atoms with E-state index in [1.54, 1.807) is 24.3 Å². The minimum absolute atomic E-state index is 0.0157. The van der Waals surface area contributed by atoms with E-state index in [1.165, 1.54) is 7.11 Å². The molecule has 0 spiro atoms. The Morgan fingerprint density at radius 3 is 2.70 bits per heavy atom.